The summed E-state index contributed by atoms with van der Waals surface area (Å²) in [6, 6.07) is 7.50. The van der Waals surface area contributed by atoms with Crippen LogP contribution in [-0.2, 0) is 30.5 Å². The van der Waals surface area contributed by atoms with Crippen LogP contribution in [0.3, 0.4) is 0 Å². The predicted octanol–water partition coefficient (Wildman–Crippen LogP) is 8.98. The number of fused-ring (bicyclic) bond motifs is 7. The number of carboxylic acid groups (broad SMARTS) is 1. The van der Waals surface area contributed by atoms with Crippen LogP contribution in [0.5, 0.6) is 0 Å². The summed E-state index contributed by atoms with van der Waals surface area (Å²) < 4.78 is 6.18. The topological polar surface area (TPSA) is 124 Å². The minimum Gasteiger partial charge on any atom is -0.481 e. The highest BCUT2D eigenvalue weighted by molar-refractivity contribution is 6.30. The quantitative estimate of drug-likeness (QED) is 0.200. The molecule has 0 bridgehead atoms. The first kappa shape index (κ1) is 44.8. The lowest BCUT2D eigenvalue weighted by Crippen LogP contribution is -2.66. The van der Waals surface area contributed by atoms with Crippen LogP contribution in [-0.4, -0.2) is 83.0 Å². The molecule has 4 fully saturated rings. The number of amides is 1. The van der Waals surface area contributed by atoms with Crippen LogP contribution in [0.4, 0.5) is 0 Å². The van der Waals surface area contributed by atoms with Gasteiger partial charge in [0.25, 0.3) is 5.91 Å². The molecule has 0 saturated heterocycles. The first-order valence-corrected chi connectivity index (χ1v) is 22.3. The first-order chi connectivity index (χ1) is 26.9. The molecule has 9 nitrogen and oxygen atoms in total. The summed E-state index contributed by atoms with van der Waals surface area (Å²) in [6.07, 6.45) is 5.37. The standard InChI is InChI=1S/C48H71ClN2O7/c1-29(2)38-33(52)26-48(40(54)41(55)51(25-24-50(10)11)28-30-12-14-31(49)15-13-30)23-22-46(8)32(39(38)48)16-17-35-45(7)20-19-36(58-37(53)27-43(3,4)42(56)57)44(5,6)34(45)18-21-47(35,46)9/h12-15,29,32,34-36,40,54H,16-28H2,1-11H3,(H,56,57)/t32-,34+,35-,36+,40+,45+,46-,47-,48-/m1/s1. The Bertz CT molecular complexity index is 1820. The summed E-state index contributed by atoms with van der Waals surface area (Å²) in [7, 11) is 3.95. The molecule has 1 aromatic rings. The van der Waals surface area contributed by atoms with Gasteiger partial charge in [-0.05, 0) is 148 Å². The number of likely N-dealkylation sites (N-methyl/N-ethyl adjacent to an activating group) is 1. The zero-order chi connectivity index (χ0) is 43.0. The molecular formula is C48H71ClN2O7. The van der Waals surface area contributed by atoms with Crippen LogP contribution in [0.25, 0.3) is 0 Å². The smallest absolute Gasteiger partial charge is 0.309 e. The van der Waals surface area contributed by atoms with Crippen LogP contribution < -0.4 is 0 Å². The van der Waals surface area contributed by atoms with Gasteiger partial charge in [0, 0.05) is 41.9 Å². The van der Waals surface area contributed by atoms with E-state index in [4.69, 9.17) is 16.3 Å². The van der Waals surface area contributed by atoms with Gasteiger partial charge in [0.15, 0.2) is 5.78 Å². The van der Waals surface area contributed by atoms with Gasteiger partial charge in [0.05, 0.1) is 11.8 Å². The second-order valence-corrected chi connectivity index (χ2v) is 22.1. The monoisotopic (exact) mass is 822 g/mol. The van der Waals surface area contributed by atoms with E-state index in [9.17, 15) is 29.4 Å². The maximum atomic E-state index is 14.8. The molecular weight excluding hydrogens is 752 g/mol. The van der Waals surface area contributed by atoms with Crippen molar-refractivity contribution in [2.45, 2.75) is 145 Å². The fraction of sp³-hybridized carbons (Fsp3) is 0.750. The molecule has 2 N–H and O–H groups in total. The molecule has 0 unspecified atom stereocenters. The van der Waals surface area contributed by atoms with Crippen LogP contribution in [0.1, 0.15) is 132 Å². The van der Waals surface area contributed by atoms with Gasteiger partial charge in [-0.3, -0.25) is 19.2 Å². The maximum Gasteiger partial charge on any atom is 0.309 e. The van der Waals surface area contributed by atoms with E-state index in [1.165, 1.54) is 0 Å². The lowest BCUT2D eigenvalue weighted by Gasteiger charge is -2.72. The van der Waals surface area contributed by atoms with Crippen LogP contribution in [0.2, 0.25) is 5.02 Å². The zero-order valence-electron chi connectivity index (χ0n) is 37.2. The van der Waals surface area contributed by atoms with Crippen molar-refractivity contribution in [1.82, 2.24) is 9.80 Å². The number of carbonyl (C=O) groups excluding carboxylic acids is 3. The molecule has 0 heterocycles. The molecule has 1 amide bonds. The van der Waals surface area contributed by atoms with E-state index in [0.717, 1.165) is 61.7 Å². The molecule has 0 aliphatic heterocycles. The molecule has 0 aromatic heterocycles. The average Bonchev–Trinajstić information content (AvgIpc) is 3.44. The number of ether oxygens (including phenoxy) is 1. The number of Topliss-reactive ketones (excluding diaryl/α,β-unsaturated/α-hetero) is 1. The Balaban J connectivity index is 1.31. The molecule has 4 saturated carbocycles. The number of ketones is 1. The van der Waals surface area contributed by atoms with Crippen molar-refractivity contribution in [2.24, 2.45) is 56.2 Å². The number of benzene rings is 1. The van der Waals surface area contributed by atoms with Gasteiger partial charge in [-0.15, -0.1) is 0 Å². The van der Waals surface area contributed by atoms with E-state index >= 15 is 0 Å². The second-order valence-electron chi connectivity index (χ2n) is 21.6. The lowest BCUT2D eigenvalue weighted by atomic mass is 9.33. The first-order valence-electron chi connectivity index (χ1n) is 21.9. The largest absolute Gasteiger partial charge is 0.481 e. The van der Waals surface area contributed by atoms with E-state index < -0.39 is 28.9 Å². The Hall–Kier alpha value is -2.75. The number of hydrogen-bond donors (Lipinski definition) is 2. The summed E-state index contributed by atoms with van der Waals surface area (Å²) in [6.45, 7) is 20.7. The number of carbonyl (C=O) groups is 4. The molecule has 0 spiro atoms. The fourth-order valence-electron chi connectivity index (χ4n) is 13.6. The summed E-state index contributed by atoms with van der Waals surface area (Å²) in [5.41, 5.74) is 0.225. The van der Waals surface area contributed by atoms with Crippen LogP contribution in [0, 0.1) is 56.2 Å². The number of allylic oxidation sites excluding steroid dienone is 1. The number of rotatable bonds is 12. The molecule has 322 valence electrons. The van der Waals surface area contributed by atoms with E-state index in [1.54, 1.807) is 18.7 Å². The molecule has 1 aromatic carbocycles. The van der Waals surface area contributed by atoms with Gasteiger partial charge < -0.3 is 24.7 Å². The molecule has 5 aliphatic carbocycles. The molecule has 5 aliphatic rings. The summed E-state index contributed by atoms with van der Waals surface area (Å²) >= 11 is 6.20. The normalized spacial score (nSPS) is 34.8. The number of aliphatic hydroxyl groups is 1. The van der Waals surface area contributed by atoms with Gasteiger partial charge in [0.1, 0.15) is 12.2 Å². The number of esters is 1. The highest BCUT2D eigenvalue weighted by Crippen LogP contribution is 2.77. The Morgan fingerprint density at radius 1 is 0.897 bits per heavy atom. The SMILES string of the molecule is CC(C)C1=C2[C@H]3CC[C@@H]4[C@@]5(C)CC[C@H](OC(=O)CC(C)(C)C(=O)O)C(C)(C)[C@@H]5CC[C@@]4(C)[C@]3(C)CC[C@@]2([C@@H](O)C(=O)N(CCN(C)C)Cc2ccc(Cl)cc2)CC1=O. The Labute approximate surface area is 352 Å². The molecule has 10 heteroatoms. The number of hydrogen-bond acceptors (Lipinski definition) is 7. The van der Waals surface area contributed by atoms with Crippen LogP contribution in [0.15, 0.2) is 35.4 Å². The number of carboxylic acids is 1. The zero-order valence-corrected chi connectivity index (χ0v) is 37.9. The van der Waals surface area contributed by atoms with Crippen LogP contribution >= 0.6 is 11.6 Å². The van der Waals surface area contributed by atoms with E-state index in [2.05, 4.69) is 48.5 Å². The van der Waals surface area contributed by atoms with Gasteiger partial charge >= 0.3 is 11.9 Å². The molecule has 6 rings (SSSR count). The van der Waals surface area contributed by atoms with Gasteiger partial charge in [0.2, 0.25) is 0 Å². The van der Waals surface area contributed by atoms with E-state index in [1.807, 2.05) is 43.3 Å². The van der Waals surface area contributed by atoms with Crippen molar-refractivity contribution < 1.29 is 34.1 Å². The summed E-state index contributed by atoms with van der Waals surface area (Å²) in [5.74, 6) is -0.910. The Kier molecular flexibility index (Phi) is 12.1. The molecule has 58 heavy (non-hydrogen) atoms. The van der Waals surface area contributed by atoms with E-state index in [0.29, 0.717) is 42.9 Å². The number of halogens is 1. The number of aliphatic hydroxyl groups excluding tert-OH is 1. The van der Waals surface area contributed by atoms with E-state index in [-0.39, 0.29) is 64.1 Å². The highest BCUT2D eigenvalue weighted by atomic mass is 35.5. The molecule has 9 atom stereocenters. The van der Waals surface area contributed by atoms with Crippen molar-refractivity contribution in [3.8, 4) is 0 Å². The third kappa shape index (κ3) is 7.29. The Morgan fingerprint density at radius 2 is 1.55 bits per heavy atom. The van der Waals surface area contributed by atoms with Crippen molar-refractivity contribution in [3.63, 3.8) is 0 Å². The predicted molar refractivity (Wildman–Crippen MR) is 227 cm³/mol. The number of aliphatic carboxylic acids is 1. The van der Waals surface area contributed by atoms with Crippen molar-refractivity contribution in [2.75, 3.05) is 27.2 Å². The Morgan fingerprint density at radius 3 is 2.16 bits per heavy atom. The third-order valence-electron chi connectivity index (χ3n) is 17.0. The number of nitrogens with zero attached hydrogens (tertiary/aromatic N) is 2. The van der Waals surface area contributed by atoms with Crippen molar-refractivity contribution in [1.29, 1.82) is 0 Å². The molecule has 0 radical (unpaired) electrons. The van der Waals surface area contributed by atoms with Gasteiger partial charge in [-0.25, -0.2) is 0 Å². The fourth-order valence-corrected chi connectivity index (χ4v) is 13.8. The summed E-state index contributed by atoms with van der Waals surface area (Å²) in [4.78, 5) is 57.9. The lowest BCUT2D eigenvalue weighted by molar-refractivity contribution is -0.235. The van der Waals surface area contributed by atoms with Crippen molar-refractivity contribution >= 4 is 35.2 Å². The third-order valence-corrected chi connectivity index (χ3v) is 17.3. The maximum absolute atomic E-state index is 14.8. The highest BCUT2D eigenvalue weighted by Gasteiger charge is 2.71. The minimum atomic E-state index is -1.33. The second kappa shape index (κ2) is 15.6. The summed E-state index contributed by atoms with van der Waals surface area (Å²) in [5, 5.41) is 22.9. The average molecular weight is 824 g/mol. The van der Waals surface area contributed by atoms with Gasteiger partial charge in [-0.1, -0.05) is 72.2 Å². The minimum absolute atomic E-state index is 0.00685. The van der Waals surface area contributed by atoms with Crippen molar-refractivity contribution in [3.05, 3.63) is 46.0 Å². The van der Waals surface area contributed by atoms with Gasteiger partial charge in [-0.2, -0.15) is 0 Å².